The highest BCUT2D eigenvalue weighted by atomic mass is 79.9. The molecule has 1 rings (SSSR count). The highest BCUT2D eigenvalue weighted by molar-refractivity contribution is 9.10. The minimum atomic E-state index is -1.08. The molecule has 1 aromatic carbocycles. The van der Waals surface area contributed by atoms with Crippen molar-refractivity contribution >= 4 is 27.8 Å². The second-order valence-electron chi connectivity index (χ2n) is 4.30. The molecule has 1 unspecified atom stereocenters. The van der Waals surface area contributed by atoms with Gasteiger partial charge in [-0.3, -0.25) is 4.79 Å². The SMILES string of the molecule is COCCC(NC(=O)CCOc1cccc(Br)c1)C(=O)O. The molecule has 0 spiro atoms. The summed E-state index contributed by atoms with van der Waals surface area (Å²) in [6.45, 7) is 0.449. The number of rotatable bonds is 9. The molecule has 0 saturated heterocycles. The van der Waals surface area contributed by atoms with Crippen molar-refractivity contribution in [3.05, 3.63) is 28.7 Å². The minimum absolute atomic E-state index is 0.0866. The van der Waals surface area contributed by atoms with Gasteiger partial charge in [0, 0.05) is 24.6 Å². The van der Waals surface area contributed by atoms with Crippen LogP contribution >= 0.6 is 15.9 Å². The molecule has 1 atom stereocenters. The topological polar surface area (TPSA) is 84.9 Å². The van der Waals surface area contributed by atoms with Gasteiger partial charge in [0.05, 0.1) is 13.0 Å². The van der Waals surface area contributed by atoms with Gasteiger partial charge in [-0.1, -0.05) is 22.0 Å². The maximum absolute atomic E-state index is 11.7. The van der Waals surface area contributed by atoms with Crippen molar-refractivity contribution in [2.24, 2.45) is 0 Å². The molecule has 0 aromatic heterocycles. The van der Waals surface area contributed by atoms with E-state index in [1.54, 1.807) is 12.1 Å². The van der Waals surface area contributed by atoms with E-state index in [4.69, 9.17) is 14.6 Å². The lowest BCUT2D eigenvalue weighted by molar-refractivity contribution is -0.142. The molecular formula is C14H18BrNO5. The molecule has 7 heteroatoms. The lowest BCUT2D eigenvalue weighted by Gasteiger charge is -2.14. The number of nitrogens with one attached hydrogen (secondary N) is 1. The van der Waals surface area contributed by atoms with Crippen LogP contribution in [0.3, 0.4) is 0 Å². The largest absolute Gasteiger partial charge is 0.493 e. The molecule has 0 radical (unpaired) electrons. The fraction of sp³-hybridized carbons (Fsp3) is 0.429. The molecule has 116 valence electrons. The van der Waals surface area contributed by atoms with E-state index < -0.39 is 12.0 Å². The Morgan fingerprint density at radius 1 is 1.38 bits per heavy atom. The number of methoxy groups -OCH3 is 1. The molecule has 0 heterocycles. The number of carbonyl (C=O) groups excluding carboxylic acids is 1. The van der Waals surface area contributed by atoms with Gasteiger partial charge in [0.2, 0.25) is 5.91 Å². The number of carboxylic acids is 1. The summed E-state index contributed by atoms with van der Waals surface area (Å²) in [5.74, 6) is -0.798. The number of amides is 1. The Bertz CT molecular complexity index is 480. The van der Waals surface area contributed by atoms with Crippen molar-refractivity contribution in [1.82, 2.24) is 5.32 Å². The summed E-state index contributed by atoms with van der Waals surface area (Å²) in [7, 11) is 1.48. The number of hydrogen-bond donors (Lipinski definition) is 2. The number of carboxylic acid groups (broad SMARTS) is 1. The highest BCUT2D eigenvalue weighted by Crippen LogP contribution is 2.17. The standard InChI is InChI=1S/C14H18BrNO5/c1-20-7-5-12(14(18)19)16-13(17)6-8-21-11-4-2-3-10(15)9-11/h2-4,9,12H,5-8H2,1H3,(H,16,17)(H,18,19). The van der Waals surface area contributed by atoms with E-state index in [9.17, 15) is 9.59 Å². The van der Waals surface area contributed by atoms with Crippen LogP contribution < -0.4 is 10.1 Å². The summed E-state index contributed by atoms with van der Waals surface area (Å²) in [6, 6.07) is 6.32. The Balaban J connectivity index is 2.34. The Morgan fingerprint density at radius 2 is 2.14 bits per heavy atom. The Labute approximate surface area is 131 Å². The van der Waals surface area contributed by atoms with Crippen molar-refractivity contribution in [2.45, 2.75) is 18.9 Å². The Morgan fingerprint density at radius 3 is 2.76 bits per heavy atom. The first-order chi connectivity index (χ1) is 10.0. The fourth-order valence-corrected chi connectivity index (χ4v) is 1.96. The van der Waals surface area contributed by atoms with Gasteiger partial charge in [0.1, 0.15) is 11.8 Å². The molecule has 0 bridgehead atoms. The molecular weight excluding hydrogens is 342 g/mol. The summed E-state index contributed by atoms with van der Waals surface area (Å²) < 4.78 is 11.1. The van der Waals surface area contributed by atoms with Crippen LogP contribution in [0.1, 0.15) is 12.8 Å². The van der Waals surface area contributed by atoms with E-state index in [1.165, 1.54) is 7.11 Å². The second kappa shape index (κ2) is 9.36. The molecule has 0 saturated carbocycles. The molecule has 1 aromatic rings. The number of halogens is 1. The zero-order valence-electron chi connectivity index (χ0n) is 11.7. The van der Waals surface area contributed by atoms with Gasteiger partial charge in [-0.2, -0.15) is 0 Å². The van der Waals surface area contributed by atoms with Crippen molar-refractivity contribution in [3.8, 4) is 5.75 Å². The quantitative estimate of drug-likeness (QED) is 0.702. The highest BCUT2D eigenvalue weighted by Gasteiger charge is 2.19. The normalized spacial score (nSPS) is 11.7. The average Bonchev–Trinajstić information content (AvgIpc) is 2.43. The monoisotopic (exact) mass is 359 g/mol. The third-order valence-corrected chi connectivity index (χ3v) is 3.13. The number of benzene rings is 1. The molecule has 0 aliphatic rings. The fourth-order valence-electron chi connectivity index (χ4n) is 1.58. The van der Waals surface area contributed by atoms with Gasteiger partial charge in [0.25, 0.3) is 0 Å². The number of hydrogen-bond acceptors (Lipinski definition) is 4. The van der Waals surface area contributed by atoms with Crippen molar-refractivity contribution in [2.75, 3.05) is 20.3 Å². The first-order valence-electron chi connectivity index (χ1n) is 6.42. The maximum atomic E-state index is 11.7. The van der Waals surface area contributed by atoms with E-state index in [-0.39, 0.29) is 32.0 Å². The van der Waals surface area contributed by atoms with Gasteiger partial charge >= 0.3 is 5.97 Å². The van der Waals surface area contributed by atoms with Gasteiger partial charge in [-0.25, -0.2) is 4.79 Å². The van der Waals surface area contributed by atoms with Crippen LogP contribution in [0.2, 0.25) is 0 Å². The van der Waals surface area contributed by atoms with Gasteiger partial charge in [-0.05, 0) is 18.2 Å². The van der Waals surface area contributed by atoms with Crippen molar-refractivity contribution < 1.29 is 24.2 Å². The minimum Gasteiger partial charge on any atom is -0.493 e. The number of ether oxygens (including phenoxy) is 2. The van der Waals surface area contributed by atoms with Gasteiger partial charge in [-0.15, -0.1) is 0 Å². The zero-order chi connectivity index (χ0) is 15.7. The first-order valence-corrected chi connectivity index (χ1v) is 7.21. The van der Waals surface area contributed by atoms with Crippen molar-refractivity contribution in [3.63, 3.8) is 0 Å². The summed E-state index contributed by atoms with van der Waals surface area (Å²) in [5.41, 5.74) is 0. The van der Waals surface area contributed by atoms with Gasteiger partial charge < -0.3 is 19.9 Å². The van der Waals surface area contributed by atoms with Crippen LogP contribution in [0.4, 0.5) is 0 Å². The van der Waals surface area contributed by atoms with Crippen LogP contribution in [0.5, 0.6) is 5.75 Å². The molecule has 2 N–H and O–H groups in total. The molecule has 0 aliphatic carbocycles. The van der Waals surface area contributed by atoms with E-state index in [2.05, 4.69) is 21.2 Å². The first kappa shape index (κ1) is 17.5. The third-order valence-electron chi connectivity index (χ3n) is 2.64. The van der Waals surface area contributed by atoms with E-state index >= 15 is 0 Å². The second-order valence-corrected chi connectivity index (χ2v) is 5.21. The van der Waals surface area contributed by atoms with E-state index in [1.807, 2.05) is 12.1 Å². The summed E-state index contributed by atoms with van der Waals surface area (Å²) in [5, 5.41) is 11.4. The van der Waals surface area contributed by atoms with Gasteiger partial charge in [0.15, 0.2) is 0 Å². The van der Waals surface area contributed by atoms with Crippen LogP contribution in [0.25, 0.3) is 0 Å². The number of aliphatic carboxylic acids is 1. The lowest BCUT2D eigenvalue weighted by atomic mass is 10.2. The molecule has 0 aliphatic heterocycles. The van der Waals surface area contributed by atoms with Crippen molar-refractivity contribution in [1.29, 1.82) is 0 Å². The lowest BCUT2D eigenvalue weighted by Crippen LogP contribution is -2.41. The Kier molecular flexibility index (Phi) is 7.78. The molecule has 1 amide bonds. The van der Waals surface area contributed by atoms with E-state index in [0.29, 0.717) is 5.75 Å². The summed E-state index contributed by atoms with van der Waals surface area (Å²) in [4.78, 5) is 22.6. The maximum Gasteiger partial charge on any atom is 0.326 e. The Hall–Kier alpha value is -1.60. The predicted octanol–water partition coefficient (Wildman–Crippen LogP) is 1.82. The number of carbonyl (C=O) groups is 2. The van der Waals surface area contributed by atoms with Crippen LogP contribution in [-0.2, 0) is 14.3 Å². The molecule has 6 nitrogen and oxygen atoms in total. The summed E-state index contributed by atoms with van der Waals surface area (Å²) in [6.07, 6.45) is 0.313. The third kappa shape index (κ3) is 7.10. The molecule has 0 fully saturated rings. The zero-order valence-corrected chi connectivity index (χ0v) is 13.3. The average molecular weight is 360 g/mol. The molecule has 21 heavy (non-hydrogen) atoms. The van der Waals surface area contributed by atoms with Crippen LogP contribution in [0.15, 0.2) is 28.7 Å². The predicted molar refractivity (Wildman–Crippen MR) is 80.3 cm³/mol. The van der Waals surface area contributed by atoms with Crippen LogP contribution in [0, 0.1) is 0 Å². The van der Waals surface area contributed by atoms with Crippen LogP contribution in [-0.4, -0.2) is 43.3 Å². The van der Waals surface area contributed by atoms with E-state index in [0.717, 1.165) is 4.47 Å². The smallest absolute Gasteiger partial charge is 0.326 e. The summed E-state index contributed by atoms with van der Waals surface area (Å²) >= 11 is 3.32.